The van der Waals surface area contributed by atoms with Gasteiger partial charge in [0.25, 0.3) is 0 Å². The van der Waals surface area contributed by atoms with Crippen molar-refractivity contribution in [1.82, 2.24) is 0 Å². The minimum atomic E-state index is -0.480. The van der Waals surface area contributed by atoms with Crippen LogP contribution >= 0.6 is 0 Å². The van der Waals surface area contributed by atoms with Crippen molar-refractivity contribution in [2.24, 2.45) is 5.16 Å². The monoisotopic (exact) mass is 397 g/mol. The van der Waals surface area contributed by atoms with Gasteiger partial charge in [-0.25, -0.2) is 4.79 Å². The van der Waals surface area contributed by atoms with Gasteiger partial charge in [0.15, 0.2) is 0 Å². The smallest absolute Gasteiger partial charge is 0.341 e. The van der Waals surface area contributed by atoms with Crippen LogP contribution in [0.5, 0.6) is 5.75 Å². The highest BCUT2D eigenvalue weighted by molar-refractivity contribution is 6.16. The molecular formula is C23H27NO5. The number of rotatable bonds is 8. The molecule has 2 aromatic rings. The third-order valence-electron chi connectivity index (χ3n) is 4.62. The summed E-state index contributed by atoms with van der Waals surface area (Å²) < 4.78 is 16.0. The first-order chi connectivity index (χ1) is 14.0. The molecule has 0 amide bonds. The van der Waals surface area contributed by atoms with Gasteiger partial charge in [-0.15, -0.1) is 0 Å². The zero-order chi connectivity index (χ0) is 21.4. The van der Waals surface area contributed by atoms with Gasteiger partial charge in [-0.3, -0.25) is 0 Å². The zero-order valence-corrected chi connectivity index (χ0v) is 17.5. The average molecular weight is 397 g/mol. The quantitative estimate of drug-likeness (QED) is 0.175. The summed E-state index contributed by atoms with van der Waals surface area (Å²) in [5, 5.41) is 12.6. The molecule has 0 radical (unpaired) electrons. The van der Waals surface area contributed by atoms with Crippen molar-refractivity contribution in [2.45, 2.75) is 33.8 Å². The lowest BCUT2D eigenvalue weighted by Gasteiger charge is -2.16. The highest BCUT2D eigenvalue weighted by Gasteiger charge is 2.17. The Kier molecular flexibility index (Phi) is 7.83. The second kappa shape index (κ2) is 10.3. The van der Waals surface area contributed by atoms with Crippen LogP contribution in [0, 0.1) is 13.8 Å². The molecule has 2 aromatic carbocycles. The second-order valence-corrected chi connectivity index (χ2v) is 6.54. The molecule has 0 spiro atoms. The van der Waals surface area contributed by atoms with Crippen LogP contribution in [0.15, 0.2) is 47.8 Å². The SMILES string of the molecule is CC/C(=N\O)c1cc(C)c(OCc2ccccc2/C(=C\OC)C(=O)OC)cc1C. The Balaban J connectivity index is 2.33. The number of nitrogens with zero attached hydrogens (tertiary/aromatic N) is 1. The first-order valence-corrected chi connectivity index (χ1v) is 9.31. The number of benzene rings is 2. The standard InChI is InChI=1S/C23H27NO5/c1-6-21(24-26)19-11-16(3)22(12-15(19)2)29-13-17-9-7-8-10-18(17)20(14-27-4)23(25)28-5/h7-12,14,26H,6,13H2,1-5H3/b20-14+,24-21+. The lowest BCUT2D eigenvalue weighted by Crippen LogP contribution is -2.09. The number of ether oxygens (including phenoxy) is 3. The predicted molar refractivity (Wildman–Crippen MR) is 112 cm³/mol. The fourth-order valence-corrected chi connectivity index (χ4v) is 3.08. The number of carbonyl (C=O) groups excluding carboxylic acids is 1. The Hall–Kier alpha value is -3.28. The van der Waals surface area contributed by atoms with Gasteiger partial charge >= 0.3 is 5.97 Å². The van der Waals surface area contributed by atoms with Gasteiger partial charge in [-0.1, -0.05) is 36.3 Å². The van der Waals surface area contributed by atoms with Crippen molar-refractivity contribution in [1.29, 1.82) is 0 Å². The van der Waals surface area contributed by atoms with E-state index in [1.807, 2.05) is 57.2 Å². The molecule has 1 N–H and O–H groups in total. The summed E-state index contributed by atoms with van der Waals surface area (Å²) >= 11 is 0. The second-order valence-electron chi connectivity index (χ2n) is 6.54. The van der Waals surface area contributed by atoms with Crippen LogP contribution in [0.25, 0.3) is 5.57 Å². The molecule has 0 bridgehead atoms. The van der Waals surface area contributed by atoms with E-state index in [4.69, 9.17) is 14.2 Å². The molecule has 0 aliphatic heterocycles. The van der Waals surface area contributed by atoms with E-state index < -0.39 is 5.97 Å². The summed E-state index contributed by atoms with van der Waals surface area (Å²) in [6.07, 6.45) is 2.00. The maximum absolute atomic E-state index is 12.1. The van der Waals surface area contributed by atoms with Gasteiger partial charge in [-0.05, 0) is 54.7 Å². The Morgan fingerprint density at radius 2 is 1.83 bits per heavy atom. The number of hydrogen-bond acceptors (Lipinski definition) is 6. The third-order valence-corrected chi connectivity index (χ3v) is 4.62. The summed E-state index contributed by atoms with van der Waals surface area (Å²) in [4.78, 5) is 12.1. The summed E-state index contributed by atoms with van der Waals surface area (Å²) in [7, 11) is 2.81. The number of hydrogen-bond donors (Lipinski definition) is 1. The number of carbonyl (C=O) groups is 1. The molecule has 2 rings (SSSR count). The summed E-state index contributed by atoms with van der Waals surface area (Å²) in [6.45, 7) is 6.10. The first-order valence-electron chi connectivity index (χ1n) is 9.31. The number of methoxy groups -OCH3 is 2. The fourth-order valence-electron chi connectivity index (χ4n) is 3.08. The highest BCUT2D eigenvalue weighted by Crippen LogP contribution is 2.27. The minimum Gasteiger partial charge on any atom is -0.503 e. The van der Waals surface area contributed by atoms with Gasteiger partial charge in [0, 0.05) is 5.56 Å². The normalized spacial score (nSPS) is 11.9. The summed E-state index contributed by atoms with van der Waals surface area (Å²) in [5.74, 6) is 0.246. The van der Waals surface area contributed by atoms with Crippen LogP contribution in [0.1, 0.15) is 41.2 Å². The first kappa shape index (κ1) is 22.0. The van der Waals surface area contributed by atoms with Gasteiger partial charge in [0.2, 0.25) is 0 Å². The zero-order valence-electron chi connectivity index (χ0n) is 17.5. The van der Waals surface area contributed by atoms with E-state index in [9.17, 15) is 10.0 Å². The van der Waals surface area contributed by atoms with E-state index in [1.165, 1.54) is 20.5 Å². The molecule has 0 saturated carbocycles. The highest BCUT2D eigenvalue weighted by atomic mass is 16.5. The van der Waals surface area contributed by atoms with Gasteiger partial charge < -0.3 is 19.4 Å². The Morgan fingerprint density at radius 1 is 1.10 bits per heavy atom. The summed E-state index contributed by atoms with van der Waals surface area (Å²) in [6, 6.07) is 11.3. The minimum absolute atomic E-state index is 0.266. The molecule has 6 heteroatoms. The van der Waals surface area contributed by atoms with E-state index in [-0.39, 0.29) is 6.61 Å². The third kappa shape index (κ3) is 5.16. The van der Waals surface area contributed by atoms with Crippen LogP contribution in [0.3, 0.4) is 0 Å². The van der Waals surface area contributed by atoms with Crippen molar-refractivity contribution in [3.63, 3.8) is 0 Å². The van der Waals surface area contributed by atoms with Gasteiger partial charge in [0.05, 0.1) is 26.2 Å². The van der Waals surface area contributed by atoms with Crippen molar-refractivity contribution in [3.8, 4) is 5.75 Å². The lowest BCUT2D eigenvalue weighted by molar-refractivity contribution is -0.133. The van der Waals surface area contributed by atoms with E-state index in [0.29, 0.717) is 23.3 Å². The van der Waals surface area contributed by atoms with Gasteiger partial charge in [0.1, 0.15) is 17.9 Å². The van der Waals surface area contributed by atoms with Crippen molar-refractivity contribution in [3.05, 3.63) is 70.5 Å². The number of aryl methyl sites for hydroxylation is 2. The molecule has 0 heterocycles. The van der Waals surface area contributed by atoms with Crippen molar-refractivity contribution < 1.29 is 24.2 Å². The average Bonchev–Trinajstić information content (AvgIpc) is 2.73. The van der Waals surface area contributed by atoms with E-state index >= 15 is 0 Å². The van der Waals surface area contributed by atoms with Crippen LogP contribution < -0.4 is 4.74 Å². The van der Waals surface area contributed by atoms with E-state index in [2.05, 4.69) is 5.16 Å². The van der Waals surface area contributed by atoms with Gasteiger partial charge in [-0.2, -0.15) is 0 Å². The van der Waals surface area contributed by atoms with Crippen LogP contribution in [-0.4, -0.2) is 31.1 Å². The van der Waals surface area contributed by atoms with Crippen LogP contribution in [0.2, 0.25) is 0 Å². The molecule has 0 aromatic heterocycles. The number of oxime groups is 1. The molecule has 154 valence electrons. The Labute approximate surface area is 171 Å². The lowest BCUT2D eigenvalue weighted by atomic mass is 9.99. The van der Waals surface area contributed by atoms with Crippen molar-refractivity contribution in [2.75, 3.05) is 14.2 Å². The molecule has 29 heavy (non-hydrogen) atoms. The largest absolute Gasteiger partial charge is 0.503 e. The van der Waals surface area contributed by atoms with E-state index in [0.717, 1.165) is 28.0 Å². The maximum Gasteiger partial charge on any atom is 0.341 e. The molecule has 6 nitrogen and oxygen atoms in total. The molecule has 0 aliphatic carbocycles. The Morgan fingerprint density at radius 3 is 2.45 bits per heavy atom. The molecule has 0 atom stereocenters. The summed E-state index contributed by atoms with van der Waals surface area (Å²) in [5.41, 5.74) is 5.26. The fraction of sp³-hybridized carbons (Fsp3) is 0.304. The molecule has 0 fully saturated rings. The molecule has 0 unspecified atom stereocenters. The predicted octanol–water partition coefficient (Wildman–Crippen LogP) is 4.63. The molecular weight excluding hydrogens is 370 g/mol. The van der Waals surface area contributed by atoms with Crippen molar-refractivity contribution >= 4 is 17.3 Å². The van der Waals surface area contributed by atoms with Crippen LogP contribution in [0.4, 0.5) is 0 Å². The maximum atomic E-state index is 12.1. The van der Waals surface area contributed by atoms with E-state index in [1.54, 1.807) is 0 Å². The topological polar surface area (TPSA) is 77.4 Å². The van der Waals surface area contributed by atoms with Crippen LogP contribution in [-0.2, 0) is 20.9 Å². The number of esters is 1. The Bertz CT molecular complexity index is 931. The molecule has 0 saturated heterocycles. The molecule has 0 aliphatic rings.